The van der Waals surface area contributed by atoms with E-state index in [0.29, 0.717) is 5.56 Å². The lowest BCUT2D eigenvalue weighted by Gasteiger charge is -2.25. The fraction of sp³-hybridized carbons (Fsp3) is 0.125. The molecule has 8 nitrogen and oxygen atoms in total. The Labute approximate surface area is 181 Å². The molecular weight excluding hydrogens is 416 g/mol. The fourth-order valence-corrected chi connectivity index (χ4v) is 4.39. The number of phenolic OH excluding ortho intramolecular Hbond substituents is 3. The summed E-state index contributed by atoms with van der Waals surface area (Å²) >= 11 is 0. The Hall–Kier alpha value is -4.33. The molecule has 2 aliphatic rings. The zero-order valence-corrected chi connectivity index (χ0v) is 16.9. The van der Waals surface area contributed by atoms with E-state index >= 15 is 0 Å². The summed E-state index contributed by atoms with van der Waals surface area (Å²) < 4.78 is 10.7. The van der Waals surface area contributed by atoms with E-state index in [1.807, 2.05) is 0 Å². The van der Waals surface area contributed by atoms with Crippen LogP contribution in [0.15, 0.2) is 36.4 Å². The molecule has 3 aromatic carbocycles. The second-order valence-electron chi connectivity index (χ2n) is 7.57. The number of rotatable bonds is 2. The quantitative estimate of drug-likeness (QED) is 0.412. The first-order valence-corrected chi connectivity index (χ1v) is 9.65. The molecule has 0 amide bonds. The Balaban J connectivity index is 1.88. The van der Waals surface area contributed by atoms with Crippen LogP contribution in [0.3, 0.4) is 0 Å². The molecule has 3 aromatic rings. The molecule has 1 aliphatic carbocycles. The zero-order valence-electron chi connectivity index (χ0n) is 16.9. The highest BCUT2D eigenvalue weighted by atomic mass is 16.5. The minimum atomic E-state index is -1.03. The summed E-state index contributed by atoms with van der Waals surface area (Å²) in [5.74, 6) is -4.13. The minimum Gasteiger partial charge on any atom is -0.507 e. The number of benzene rings is 3. The number of hydrogen-bond donors (Lipinski definition) is 3. The molecule has 3 N–H and O–H groups in total. The van der Waals surface area contributed by atoms with Gasteiger partial charge in [0.25, 0.3) is 0 Å². The molecule has 0 saturated heterocycles. The number of carbonyl (C=O) groups is 3. The van der Waals surface area contributed by atoms with Crippen LogP contribution < -0.4 is 4.74 Å². The van der Waals surface area contributed by atoms with Crippen LogP contribution in [0.1, 0.15) is 65.0 Å². The van der Waals surface area contributed by atoms with Crippen molar-refractivity contribution in [2.75, 3.05) is 7.11 Å². The molecule has 8 heteroatoms. The molecule has 0 radical (unpaired) electrons. The molecule has 0 fully saturated rings. The minimum absolute atomic E-state index is 0.0312. The van der Waals surface area contributed by atoms with Gasteiger partial charge >= 0.3 is 5.97 Å². The number of fused-ring (bicyclic) bond motifs is 4. The number of methoxy groups -OCH3 is 1. The Kier molecular flexibility index (Phi) is 4.04. The van der Waals surface area contributed by atoms with Crippen molar-refractivity contribution >= 4 is 17.5 Å². The van der Waals surface area contributed by atoms with Gasteiger partial charge < -0.3 is 24.8 Å². The van der Waals surface area contributed by atoms with E-state index in [9.17, 15) is 29.7 Å². The van der Waals surface area contributed by atoms with Crippen molar-refractivity contribution in [2.24, 2.45) is 0 Å². The first kappa shape index (κ1) is 19.6. The molecule has 160 valence electrons. The molecule has 0 bridgehead atoms. The topological polar surface area (TPSA) is 130 Å². The standard InChI is InChI=1S/C24H16O8/c1-9-18(26)16-17(23(31-2)19(9)27)21(29)13-11(20(16)28)8-12(25)14-15(13)22(32-24(14)30)10-6-4-3-5-7-10/h3-8,22,25-27H,1-2H3/t22-/m1/s1. The van der Waals surface area contributed by atoms with E-state index < -0.39 is 40.9 Å². The molecule has 0 aromatic heterocycles. The highest BCUT2D eigenvalue weighted by Gasteiger charge is 2.46. The lowest BCUT2D eigenvalue weighted by molar-refractivity contribution is 0.0452. The summed E-state index contributed by atoms with van der Waals surface area (Å²) in [6.45, 7) is 1.37. The van der Waals surface area contributed by atoms with Gasteiger partial charge in [0.2, 0.25) is 0 Å². The predicted molar refractivity (Wildman–Crippen MR) is 110 cm³/mol. The first-order chi connectivity index (χ1) is 15.3. The number of ketones is 2. The number of phenols is 3. The average Bonchev–Trinajstić information content (AvgIpc) is 3.14. The third kappa shape index (κ3) is 2.34. The van der Waals surface area contributed by atoms with Crippen LogP contribution in [0.2, 0.25) is 0 Å². The number of ether oxygens (including phenoxy) is 2. The molecule has 0 saturated carbocycles. The number of esters is 1. The summed E-state index contributed by atoms with van der Waals surface area (Å²) in [6, 6.07) is 9.62. The van der Waals surface area contributed by atoms with E-state index in [1.54, 1.807) is 30.3 Å². The Bertz CT molecular complexity index is 1370. The molecule has 5 rings (SSSR count). The van der Waals surface area contributed by atoms with Gasteiger partial charge in [-0.2, -0.15) is 0 Å². The van der Waals surface area contributed by atoms with E-state index in [1.165, 1.54) is 14.0 Å². The lowest BCUT2D eigenvalue weighted by Crippen LogP contribution is -2.25. The van der Waals surface area contributed by atoms with Crippen LogP contribution in [0, 0.1) is 6.92 Å². The smallest absolute Gasteiger partial charge is 0.343 e. The van der Waals surface area contributed by atoms with Crippen molar-refractivity contribution in [1.82, 2.24) is 0 Å². The van der Waals surface area contributed by atoms with E-state index in [4.69, 9.17) is 9.47 Å². The summed E-state index contributed by atoms with van der Waals surface area (Å²) in [5.41, 5.74) is -0.615. The second kappa shape index (κ2) is 6.58. The maximum Gasteiger partial charge on any atom is 0.343 e. The average molecular weight is 432 g/mol. The Morgan fingerprint density at radius 1 is 0.875 bits per heavy atom. The second-order valence-corrected chi connectivity index (χ2v) is 7.57. The Morgan fingerprint density at radius 2 is 1.56 bits per heavy atom. The maximum atomic E-state index is 13.7. The summed E-state index contributed by atoms with van der Waals surface area (Å²) in [4.78, 5) is 39.7. The highest BCUT2D eigenvalue weighted by Crippen LogP contribution is 2.50. The molecule has 1 heterocycles. The van der Waals surface area contributed by atoms with Gasteiger partial charge in [-0.25, -0.2) is 4.79 Å². The number of carbonyl (C=O) groups excluding carboxylic acids is 3. The van der Waals surface area contributed by atoms with Crippen molar-refractivity contribution in [3.05, 3.63) is 80.9 Å². The Morgan fingerprint density at radius 3 is 2.22 bits per heavy atom. The fourth-order valence-electron chi connectivity index (χ4n) is 4.39. The van der Waals surface area contributed by atoms with Gasteiger partial charge in [-0.05, 0) is 18.6 Å². The van der Waals surface area contributed by atoms with E-state index in [0.717, 1.165) is 6.07 Å². The molecule has 0 spiro atoms. The van der Waals surface area contributed by atoms with Gasteiger partial charge in [-0.3, -0.25) is 9.59 Å². The van der Waals surface area contributed by atoms with Gasteiger partial charge in [0.15, 0.2) is 29.2 Å². The van der Waals surface area contributed by atoms with Crippen molar-refractivity contribution in [3.63, 3.8) is 0 Å². The monoisotopic (exact) mass is 432 g/mol. The van der Waals surface area contributed by atoms with Crippen LogP contribution in [0.4, 0.5) is 0 Å². The lowest BCUT2D eigenvalue weighted by atomic mass is 9.77. The van der Waals surface area contributed by atoms with Gasteiger partial charge in [-0.1, -0.05) is 30.3 Å². The van der Waals surface area contributed by atoms with Crippen molar-refractivity contribution in [3.8, 4) is 23.0 Å². The van der Waals surface area contributed by atoms with Crippen molar-refractivity contribution in [2.45, 2.75) is 13.0 Å². The summed E-state index contributed by atoms with van der Waals surface area (Å²) in [5, 5.41) is 31.5. The van der Waals surface area contributed by atoms with Crippen LogP contribution in [0.25, 0.3) is 0 Å². The zero-order chi connectivity index (χ0) is 22.9. The molecule has 1 aliphatic heterocycles. The molecule has 32 heavy (non-hydrogen) atoms. The number of aromatic hydroxyl groups is 3. The third-order valence-electron chi connectivity index (χ3n) is 5.91. The molecular formula is C24H16O8. The van der Waals surface area contributed by atoms with Gasteiger partial charge in [0.1, 0.15) is 17.1 Å². The highest BCUT2D eigenvalue weighted by molar-refractivity contribution is 6.32. The van der Waals surface area contributed by atoms with Crippen molar-refractivity contribution < 1.29 is 39.2 Å². The third-order valence-corrected chi connectivity index (χ3v) is 5.91. The number of cyclic esters (lactones) is 1. The normalized spacial score (nSPS) is 16.3. The van der Waals surface area contributed by atoms with Gasteiger partial charge in [-0.15, -0.1) is 0 Å². The van der Waals surface area contributed by atoms with Gasteiger partial charge in [0.05, 0.1) is 18.2 Å². The van der Waals surface area contributed by atoms with E-state index in [-0.39, 0.29) is 44.7 Å². The maximum absolute atomic E-state index is 13.7. The summed E-state index contributed by atoms with van der Waals surface area (Å²) in [7, 11) is 1.22. The van der Waals surface area contributed by atoms with Crippen LogP contribution in [-0.4, -0.2) is 40.0 Å². The van der Waals surface area contributed by atoms with Crippen molar-refractivity contribution in [1.29, 1.82) is 0 Å². The van der Waals surface area contributed by atoms with Crippen LogP contribution >= 0.6 is 0 Å². The van der Waals surface area contributed by atoms with E-state index in [2.05, 4.69) is 0 Å². The predicted octanol–water partition coefficient (Wildman–Crippen LogP) is 3.16. The van der Waals surface area contributed by atoms with Gasteiger partial charge in [0, 0.05) is 22.3 Å². The largest absolute Gasteiger partial charge is 0.507 e. The van der Waals surface area contributed by atoms with Crippen LogP contribution in [0.5, 0.6) is 23.0 Å². The molecule has 0 unspecified atom stereocenters. The van der Waals surface area contributed by atoms with Crippen LogP contribution in [-0.2, 0) is 4.74 Å². The summed E-state index contributed by atoms with van der Waals surface area (Å²) in [6.07, 6.45) is -1.03. The molecule has 1 atom stereocenters. The SMILES string of the molecule is COc1c(O)c(C)c(O)c2c1C(=O)c1c(cc(O)c3c1[C@@H](c1ccccc1)OC3=O)C2=O. The number of hydrogen-bond acceptors (Lipinski definition) is 8. The first-order valence-electron chi connectivity index (χ1n) is 9.65.